The standard InChI is InChI=1S/C17H17N5O7S/c1-3-20(12-6-4-5-7-15(12)23)13-8-10-11(9-14(13)22(26)27)18-17(25)21(16(10)24)19-30(2,28)29/h4-9,19,23H,3H2,1-2H3,(H,18,25). The summed E-state index contributed by atoms with van der Waals surface area (Å²) in [6.07, 6.45) is 0.765. The van der Waals surface area contributed by atoms with Crippen LogP contribution >= 0.6 is 0 Å². The van der Waals surface area contributed by atoms with Crippen molar-refractivity contribution in [3.05, 3.63) is 67.4 Å². The minimum atomic E-state index is -3.95. The zero-order chi connectivity index (χ0) is 22.2. The van der Waals surface area contributed by atoms with E-state index in [1.807, 2.05) is 0 Å². The number of phenols is 1. The third kappa shape index (κ3) is 3.82. The topological polar surface area (TPSA) is 168 Å². The summed E-state index contributed by atoms with van der Waals surface area (Å²) in [5.74, 6) is -0.133. The number of anilines is 2. The number of H-pyrrole nitrogens is 1. The van der Waals surface area contributed by atoms with E-state index in [1.165, 1.54) is 17.0 Å². The summed E-state index contributed by atoms with van der Waals surface area (Å²) < 4.78 is 23.2. The molecule has 0 saturated heterocycles. The number of phenolic OH excluding ortho intramolecular Hbond substituents is 1. The van der Waals surface area contributed by atoms with Crippen molar-refractivity contribution in [1.29, 1.82) is 0 Å². The molecule has 3 N–H and O–H groups in total. The molecule has 0 atom stereocenters. The molecule has 2 aromatic carbocycles. The largest absolute Gasteiger partial charge is 0.506 e. The van der Waals surface area contributed by atoms with Gasteiger partial charge >= 0.3 is 5.69 Å². The summed E-state index contributed by atoms with van der Waals surface area (Å²) in [6.45, 7) is 1.89. The Morgan fingerprint density at radius 2 is 1.90 bits per heavy atom. The Kier molecular flexibility index (Phi) is 5.22. The number of rotatable bonds is 6. The summed E-state index contributed by atoms with van der Waals surface area (Å²) in [5.41, 5.74) is -2.43. The van der Waals surface area contributed by atoms with Crippen LogP contribution in [0.5, 0.6) is 5.75 Å². The molecule has 0 bridgehead atoms. The maximum Gasteiger partial charge on any atom is 0.348 e. The molecule has 0 unspecified atom stereocenters. The van der Waals surface area contributed by atoms with Crippen molar-refractivity contribution in [2.45, 2.75) is 6.92 Å². The van der Waals surface area contributed by atoms with Gasteiger partial charge in [0.2, 0.25) is 10.0 Å². The van der Waals surface area contributed by atoms with E-state index in [4.69, 9.17) is 0 Å². The Balaban J connectivity index is 2.37. The smallest absolute Gasteiger partial charge is 0.348 e. The minimum Gasteiger partial charge on any atom is -0.506 e. The number of fused-ring (bicyclic) bond motifs is 1. The fraction of sp³-hybridized carbons (Fsp3) is 0.176. The average molecular weight is 435 g/mol. The molecule has 0 spiro atoms. The van der Waals surface area contributed by atoms with Crippen LogP contribution in [0, 0.1) is 10.1 Å². The number of nitrogens with one attached hydrogen (secondary N) is 2. The van der Waals surface area contributed by atoms with Gasteiger partial charge in [-0.05, 0) is 25.1 Å². The minimum absolute atomic E-state index is 0.0217. The van der Waals surface area contributed by atoms with Gasteiger partial charge in [0.25, 0.3) is 11.2 Å². The molecule has 0 aliphatic carbocycles. The number of aromatic amines is 1. The fourth-order valence-electron chi connectivity index (χ4n) is 3.01. The van der Waals surface area contributed by atoms with Gasteiger partial charge in [-0.1, -0.05) is 12.1 Å². The van der Waals surface area contributed by atoms with Crippen molar-refractivity contribution in [1.82, 2.24) is 9.66 Å². The van der Waals surface area contributed by atoms with Crippen molar-refractivity contribution in [3.8, 4) is 5.75 Å². The molecule has 12 nitrogen and oxygen atoms in total. The van der Waals surface area contributed by atoms with Crippen LogP contribution in [0.4, 0.5) is 17.1 Å². The first kappa shape index (κ1) is 20.9. The quantitative estimate of drug-likeness (QED) is 0.380. The first-order chi connectivity index (χ1) is 14.0. The van der Waals surface area contributed by atoms with Gasteiger partial charge in [-0.15, -0.1) is 0 Å². The maximum absolute atomic E-state index is 12.8. The summed E-state index contributed by atoms with van der Waals surface area (Å²) in [5, 5.41) is 21.7. The predicted octanol–water partition coefficient (Wildman–Crippen LogP) is 0.965. The van der Waals surface area contributed by atoms with Gasteiger partial charge in [-0.25, -0.2) is 18.0 Å². The number of aromatic nitrogens is 2. The number of sulfonamides is 1. The molecule has 0 fully saturated rings. The van der Waals surface area contributed by atoms with Gasteiger partial charge in [0.15, 0.2) is 0 Å². The van der Waals surface area contributed by atoms with Crippen LogP contribution in [0.3, 0.4) is 0 Å². The first-order valence-corrected chi connectivity index (χ1v) is 10.4. The number of para-hydroxylation sites is 2. The van der Waals surface area contributed by atoms with Gasteiger partial charge in [0.05, 0.1) is 27.8 Å². The Labute approximate surface area is 169 Å². The second-order valence-electron chi connectivity index (χ2n) is 6.31. The zero-order valence-corrected chi connectivity index (χ0v) is 16.6. The van der Waals surface area contributed by atoms with E-state index in [0.29, 0.717) is 0 Å². The maximum atomic E-state index is 12.8. The monoisotopic (exact) mass is 435 g/mol. The van der Waals surface area contributed by atoms with Crippen LogP contribution < -0.4 is 21.0 Å². The number of aromatic hydroxyl groups is 1. The lowest BCUT2D eigenvalue weighted by molar-refractivity contribution is -0.384. The van der Waals surface area contributed by atoms with Crippen LogP contribution in [0.15, 0.2) is 46.0 Å². The highest BCUT2D eigenvalue weighted by molar-refractivity contribution is 7.91. The highest BCUT2D eigenvalue weighted by Crippen LogP contribution is 2.38. The molecular formula is C17H17N5O7S. The molecule has 0 amide bonds. The van der Waals surface area contributed by atoms with Crippen LogP contribution in [-0.4, -0.2) is 40.9 Å². The Morgan fingerprint density at radius 3 is 2.47 bits per heavy atom. The Morgan fingerprint density at radius 1 is 1.23 bits per heavy atom. The lowest BCUT2D eigenvalue weighted by Gasteiger charge is -2.24. The lowest BCUT2D eigenvalue weighted by atomic mass is 10.1. The lowest BCUT2D eigenvalue weighted by Crippen LogP contribution is -2.43. The number of nitro groups is 1. The first-order valence-electron chi connectivity index (χ1n) is 8.54. The van der Waals surface area contributed by atoms with Crippen molar-refractivity contribution in [2.24, 2.45) is 0 Å². The van der Waals surface area contributed by atoms with Crippen LogP contribution in [0.25, 0.3) is 10.9 Å². The second-order valence-corrected chi connectivity index (χ2v) is 8.04. The van der Waals surface area contributed by atoms with E-state index >= 15 is 0 Å². The Bertz CT molecular complexity index is 1380. The third-order valence-corrected chi connectivity index (χ3v) is 4.74. The number of hydrogen-bond acceptors (Lipinski definition) is 8. The van der Waals surface area contributed by atoms with E-state index in [2.05, 4.69) is 4.98 Å². The molecule has 13 heteroatoms. The van der Waals surface area contributed by atoms with E-state index < -0.39 is 31.9 Å². The zero-order valence-electron chi connectivity index (χ0n) is 15.8. The third-order valence-electron chi connectivity index (χ3n) is 4.23. The van der Waals surface area contributed by atoms with Crippen molar-refractivity contribution in [3.63, 3.8) is 0 Å². The van der Waals surface area contributed by atoms with Gasteiger partial charge in [-0.3, -0.25) is 14.9 Å². The molecule has 1 heterocycles. The van der Waals surface area contributed by atoms with Gasteiger partial charge in [0.1, 0.15) is 11.4 Å². The molecule has 0 aliphatic heterocycles. The molecule has 0 aliphatic rings. The number of benzene rings is 2. The Hall–Kier alpha value is -3.87. The van der Waals surface area contributed by atoms with Crippen molar-refractivity contribution in [2.75, 3.05) is 22.5 Å². The van der Waals surface area contributed by atoms with Crippen LogP contribution in [0.2, 0.25) is 0 Å². The molecule has 0 radical (unpaired) electrons. The number of nitro benzene ring substituents is 1. The molecule has 1 aromatic heterocycles. The summed E-state index contributed by atoms with van der Waals surface area (Å²) in [4.78, 5) is 41.3. The SMILES string of the molecule is CCN(c1ccccc1O)c1cc2c(=O)n(NS(C)(=O)=O)c(=O)[nH]c2cc1[N+](=O)[O-]. The highest BCUT2D eigenvalue weighted by atomic mass is 32.2. The van der Waals surface area contributed by atoms with Crippen molar-refractivity contribution < 1.29 is 18.4 Å². The molecule has 0 saturated carbocycles. The second kappa shape index (κ2) is 7.51. The predicted molar refractivity (Wildman–Crippen MR) is 110 cm³/mol. The summed E-state index contributed by atoms with van der Waals surface area (Å²) >= 11 is 0. The molecule has 3 aromatic rings. The van der Waals surface area contributed by atoms with E-state index in [1.54, 1.807) is 30.0 Å². The molecule has 3 rings (SSSR count). The van der Waals surface area contributed by atoms with E-state index in [0.717, 1.165) is 12.3 Å². The summed E-state index contributed by atoms with van der Waals surface area (Å²) in [6, 6.07) is 8.35. The highest BCUT2D eigenvalue weighted by Gasteiger charge is 2.24. The van der Waals surface area contributed by atoms with Crippen LogP contribution in [-0.2, 0) is 10.0 Å². The van der Waals surface area contributed by atoms with Gasteiger partial charge < -0.3 is 15.0 Å². The number of nitrogens with zero attached hydrogens (tertiary/aromatic N) is 3. The normalized spacial score (nSPS) is 11.4. The summed E-state index contributed by atoms with van der Waals surface area (Å²) in [7, 11) is -3.95. The van der Waals surface area contributed by atoms with Crippen LogP contribution in [0.1, 0.15) is 6.92 Å². The van der Waals surface area contributed by atoms with Gasteiger partial charge in [0, 0.05) is 12.6 Å². The van der Waals surface area contributed by atoms with E-state index in [9.17, 15) is 33.2 Å². The van der Waals surface area contributed by atoms with Gasteiger partial charge in [-0.2, -0.15) is 4.68 Å². The number of hydrogen-bond donors (Lipinski definition) is 3. The average Bonchev–Trinajstić information content (AvgIpc) is 2.66. The molecule has 30 heavy (non-hydrogen) atoms. The molecular weight excluding hydrogens is 418 g/mol. The van der Waals surface area contributed by atoms with Crippen molar-refractivity contribution >= 4 is 38.0 Å². The fourth-order valence-corrected chi connectivity index (χ4v) is 3.51. The van der Waals surface area contributed by atoms with E-state index in [-0.39, 0.29) is 39.2 Å². The molecule has 158 valence electrons.